The van der Waals surface area contributed by atoms with Crippen LogP contribution in [0.4, 0.5) is 5.95 Å². The zero-order chi connectivity index (χ0) is 18.4. The summed E-state index contributed by atoms with van der Waals surface area (Å²) in [4.78, 5) is 21.5. The van der Waals surface area contributed by atoms with Gasteiger partial charge in [-0.2, -0.15) is 0 Å². The molecule has 0 radical (unpaired) electrons. The number of amides is 1. The molecule has 1 saturated carbocycles. The molecule has 2 aromatic heterocycles. The van der Waals surface area contributed by atoms with Crippen molar-refractivity contribution < 1.29 is 9.90 Å². The molecule has 0 aliphatic heterocycles. The van der Waals surface area contributed by atoms with E-state index in [4.69, 9.17) is 11.6 Å². The maximum Gasteiger partial charge on any atom is 0.229 e. The lowest BCUT2D eigenvalue weighted by Gasteiger charge is -2.40. The Bertz CT molecular complexity index is 824. The lowest BCUT2D eigenvalue weighted by Crippen LogP contribution is -2.39. The number of halogens is 1. The highest BCUT2D eigenvalue weighted by Gasteiger charge is 2.38. The zero-order valence-corrected chi connectivity index (χ0v) is 15.9. The highest BCUT2D eigenvalue weighted by Crippen LogP contribution is 2.43. The van der Waals surface area contributed by atoms with Crippen molar-refractivity contribution in [3.8, 4) is 0 Å². The minimum Gasteiger partial charge on any atom is -0.390 e. The molecule has 7 heteroatoms. The Kier molecular flexibility index (Phi) is 4.54. The second kappa shape index (κ2) is 6.25. The number of aliphatic hydroxyl groups is 1. The van der Waals surface area contributed by atoms with Crippen LogP contribution in [-0.4, -0.2) is 31.1 Å². The van der Waals surface area contributed by atoms with Crippen LogP contribution in [0.2, 0.25) is 5.15 Å². The first kappa shape index (κ1) is 18.1. The Hall–Kier alpha value is -1.66. The van der Waals surface area contributed by atoms with Crippen molar-refractivity contribution in [1.29, 1.82) is 0 Å². The summed E-state index contributed by atoms with van der Waals surface area (Å²) in [6.45, 7) is 7.54. The summed E-state index contributed by atoms with van der Waals surface area (Å²) in [6.07, 6.45) is 3.66. The molecule has 1 atom stereocenters. The molecule has 1 aliphatic carbocycles. The van der Waals surface area contributed by atoms with E-state index in [2.05, 4.69) is 22.2 Å². The molecule has 136 valence electrons. The number of carbonyl (C=O) groups is 1. The number of hydrogen-bond acceptors (Lipinski definition) is 4. The molecule has 0 bridgehead atoms. The van der Waals surface area contributed by atoms with E-state index in [-0.39, 0.29) is 17.9 Å². The SMILES string of the molecule is CCC(C)(O)CC(=O)Nc1nc2cc(C)c(Cl)nc2n1C1(C)CCC1. The number of carbonyl (C=O) groups excluding carboxylic acids is 1. The first-order valence-corrected chi connectivity index (χ1v) is 9.11. The van der Waals surface area contributed by atoms with Crippen LogP contribution in [-0.2, 0) is 10.3 Å². The van der Waals surface area contributed by atoms with Crippen molar-refractivity contribution >= 4 is 34.6 Å². The summed E-state index contributed by atoms with van der Waals surface area (Å²) in [5.41, 5.74) is 1.10. The number of rotatable bonds is 5. The Morgan fingerprint density at radius 2 is 2.16 bits per heavy atom. The monoisotopic (exact) mass is 364 g/mol. The van der Waals surface area contributed by atoms with Gasteiger partial charge >= 0.3 is 0 Å². The summed E-state index contributed by atoms with van der Waals surface area (Å²) in [5, 5.41) is 13.5. The third kappa shape index (κ3) is 3.37. The molecular weight excluding hydrogens is 340 g/mol. The number of nitrogens with one attached hydrogen (secondary N) is 1. The molecule has 2 aromatic rings. The van der Waals surface area contributed by atoms with Gasteiger partial charge in [-0.25, -0.2) is 9.97 Å². The number of aryl methyl sites for hydroxylation is 1. The largest absolute Gasteiger partial charge is 0.390 e. The van der Waals surface area contributed by atoms with Crippen LogP contribution in [0.3, 0.4) is 0 Å². The third-order valence-electron chi connectivity index (χ3n) is 5.29. The van der Waals surface area contributed by atoms with E-state index in [1.165, 1.54) is 0 Å². The first-order chi connectivity index (χ1) is 11.6. The molecule has 2 N–H and O–H groups in total. The van der Waals surface area contributed by atoms with E-state index >= 15 is 0 Å². The zero-order valence-electron chi connectivity index (χ0n) is 15.2. The van der Waals surface area contributed by atoms with Crippen molar-refractivity contribution in [2.75, 3.05) is 5.32 Å². The Balaban J connectivity index is 2.02. The van der Waals surface area contributed by atoms with E-state index in [1.54, 1.807) is 6.92 Å². The van der Waals surface area contributed by atoms with Gasteiger partial charge in [0.15, 0.2) is 5.65 Å². The van der Waals surface area contributed by atoms with Crippen LogP contribution in [0.25, 0.3) is 11.2 Å². The van der Waals surface area contributed by atoms with E-state index in [0.717, 1.165) is 24.8 Å². The van der Waals surface area contributed by atoms with Crippen LogP contribution in [0.1, 0.15) is 58.4 Å². The smallest absolute Gasteiger partial charge is 0.229 e. The lowest BCUT2D eigenvalue weighted by atomic mass is 9.78. The molecule has 1 fully saturated rings. The Morgan fingerprint density at radius 1 is 1.48 bits per heavy atom. The Morgan fingerprint density at radius 3 is 2.72 bits per heavy atom. The highest BCUT2D eigenvalue weighted by molar-refractivity contribution is 6.30. The number of pyridine rings is 1. The number of fused-ring (bicyclic) bond motifs is 1. The molecule has 0 spiro atoms. The molecule has 3 rings (SSSR count). The first-order valence-electron chi connectivity index (χ1n) is 8.73. The van der Waals surface area contributed by atoms with Crippen LogP contribution in [0.5, 0.6) is 0 Å². The number of nitrogens with zero attached hydrogens (tertiary/aromatic N) is 3. The minimum atomic E-state index is -1.03. The van der Waals surface area contributed by atoms with E-state index in [9.17, 15) is 9.90 Å². The van der Waals surface area contributed by atoms with Gasteiger partial charge in [-0.15, -0.1) is 0 Å². The van der Waals surface area contributed by atoms with Gasteiger partial charge in [0.25, 0.3) is 0 Å². The molecule has 6 nitrogen and oxygen atoms in total. The minimum absolute atomic E-state index is 0.0244. The number of aromatic nitrogens is 3. The fourth-order valence-electron chi connectivity index (χ4n) is 3.23. The second-order valence-electron chi connectivity index (χ2n) is 7.64. The van der Waals surface area contributed by atoms with Gasteiger partial charge in [0, 0.05) is 5.54 Å². The second-order valence-corrected chi connectivity index (χ2v) is 7.99. The van der Waals surface area contributed by atoms with Crippen molar-refractivity contribution in [2.24, 2.45) is 0 Å². The maximum atomic E-state index is 12.4. The molecule has 0 aromatic carbocycles. The molecule has 1 unspecified atom stereocenters. The summed E-state index contributed by atoms with van der Waals surface area (Å²) in [6, 6.07) is 1.89. The van der Waals surface area contributed by atoms with Gasteiger partial charge in [-0.1, -0.05) is 18.5 Å². The summed E-state index contributed by atoms with van der Waals surface area (Å²) < 4.78 is 2.00. The standard InChI is InChI=1S/C18H25ClN4O2/c1-5-18(4,25)10-13(24)21-16-20-12-9-11(2)14(19)22-15(12)23(16)17(3)7-6-8-17/h9,25H,5-8,10H2,1-4H3,(H,20,21,24). The molecule has 2 heterocycles. The van der Waals surface area contributed by atoms with Crippen molar-refractivity contribution in [3.05, 3.63) is 16.8 Å². The number of hydrogen-bond donors (Lipinski definition) is 2. The third-order valence-corrected chi connectivity index (χ3v) is 5.67. The van der Waals surface area contributed by atoms with Gasteiger partial charge in [0.1, 0.15) is 10.7 Å². The normalized spacial score (nSPS) is 18.6. The van der Waals surface area contributed by atoms with Crippen molar-refractivity contribution in [3.63, 3.8) is 0 Å². The van der Waals surface area contributed by atoms with Gasteiger partial charge in [0.2, 0.25) is 11.9 Å². The van der Waals surface area contributed by atoms with Crippen LogP contribution >= 0.6 is 11.6 Å². The van der Waals surface area contributed by atoms with Gasteiger partial charge < -0.3 is 5.11 Å². The summed E-state index contributed by atoms with van der Waals surface area (Å²) >= 11 is 6.22. The molecular formula is C18H25ClN4O2. The van der Waals surface area contributed by atoms with E-state index in [1.807, 2.05) is 24.5 Å². The van der Waals surface area contributed by atoms with Crippen LogP contribution in [0.15, 0.2) is 6.07 Å². The van der Waals surface area contributed by atoms with Crippen molar-refractivity contribution in [1.82, 2.24) is 14.5 Å². The Labute approximate surface area is 152 Å². The average Bonchev–Trinajstić information content (AvgIpc) is 2.82. The summed E-state index contributed by atoms with van der Waals surface area (Å²) in [5.74, 6) is 0.220. The quantitative estimate of drug-likeness (QED) is 0.791. The molecule has 1 aliphatic rings. The lowest BCUT2D eigenvalue weighted by molar-refractivity contribution is -0.120. The molecule has 1 amide bonds. The van der Waals surface area contributed by atoms with Crippen LogP contribution in [0, 0.1) is 6.92 Å². The number of anilines is 1. The molecule has 0 saturated heterocycles. The topological polar surface area (TPSA) is 80.0 Å². The van der Waals surface area contributed by atoms with Gasteiger partial charge in [-0.3, -0.25) is 14.7 Å². The van der Waals surface area contributed by atoms with Crippen LogP contribution < -0.4 is 5.32 Å². The van der Waals surface area contributed by atoms with E-state index < -0.39 is 5.60 Å². The highest BCUT2D eigenvalue weighted by atomic mass is 35.5. The molecule has 25 heavy (non-hydrogen) atoms. The van der Waals surface area contributed by atoms with Gasteiger partial charge in [-0.05, 0) is 58.1 Å². The fraction of sp³-hybridized carbons (Fsp3) is 0.611. The van der Waals surface area contributed by atoms with Gasteiger partial charge in [0.05, 0.1) is 12.0 Å². The average molecular weight is 365 g/mol. The number of imidazole rings is 1. The maximum absolute atomic E-state index is 12.4. The fourth-order valence-corrected chi connectivity index (χ4v) is 3.36. The summed E-state index contributed by atoms with van der Waals surface area (Å²) in [7, 11) is 0. The predicted octanol–water partition coefficient (Wildman–Crippen LogP) is 3.78. The van der Waals surface area contributed by atoms with Crippen molar-refractivity contribution in [2.45, 2.75) is 70.9 Å². The predicted molar refractivity (Wildman–Crippen MR) is 98.9 cm³/mol. The van der Waals surface area contributed by atoms with E-state index in [0.29, 0.717) is 28.7 Å².